The molecule has 0 aromatic heterocycles. The van der Waals surface area contributed by atoms with Crippen molar-refractivity contribution < 1.29 is 19.6 Å². The first-order valence-electron chi connectivity index (χ1n) is 6.65. The molecule has 0 amide bonds. The Balaban J connectivity index is 1.98. The van der Waals surface area contributed by atoms with Crippen LogP contribution in [0.1, 0.15) is 15.9 Å². The molecule has 0 radical (unpaired) electrons. The summed E-state index contributed by atoms with van der Waals surface area (Å²) in [5, 5.41) is 19.1. The van der Waals surface area contributed by atoms with Gasteiger partial charge >= 0.3 is 13.1 Å². The molecule has 0 bridgehead atoms. The Labute approximate surface area is 122 Å². The van der Waals surface area contributed by atoms with Crippen LogP contribution in [-0.2, 0) is 6.54 Å². The van der Waals surface area contributed by atoms with Crippen LogP contribution in [0.15, 0.2) is 48.5 Å². The maximum Gasteiger partial charge on any atom is 0.543 e. The fourth-order valence-electron chi connectivity index (χ4n) is 2.48. The lowest BCUT2D eigenvalue weighted by Gasteiger charge is -2.33. The average molecular weight is 283 g/mol. The molecule has 0 aliphatic carbocycles. The predicted molar refractivity (Wildman–Crippen MR) is 79.5 cm³/mol. The van der Waals surface area contributed by atoms with E-state index >= 15 is 0 Å². The van der Waals surface area contributed by atoms with E-state index in [0.29, 0.717) is 18.7 Å². The minimum atomic E-state index is -1.07. The van der Waals surface area contributed by atoms with Crippen molar-refractivity contribution in [3.8, 4) is 5.75 Å². The maximum atomic E-state index is 11.3. The highest BCUT2D eigenvalue weighted by atomic mass is 16.5. The molecule has 21 heavy (non-hydrogen) atoms. The second-order valence-corrected chi connectivity index (χ2v) is 4.90. The Morgan fingerprint density at radius 1 is 1.19 bits per heavy atom. The Morgan fingerprint density at radius 3 is 2.67 bits per heavy atom. The van der Waals surface area contributed by atoms with E-state index in [1.807, 2.05) is 35.2 Å². The van der Waals surface area contributed by atoms with Gasteiger partial charge in [-0.2, -0.15) is 0 Å². The van der Waals surface area contributed by atoms with Crippen LogP contribution < -0.4 is 9.55 Å². The number of anilines is 1. The molecular formula is C15H14BNO4. The lowest BCUT2D eigenvalue weighted by molar-refractivity contribution is 0.0694. The first-order chi connectivity index (χ1) is 10.1. The highest BCUT2D eigenvalue weighted by Gasteiger charge is 2.32. The topological polar surface area (TPSA) is 70.0 Å². The SMILES string of the molecule is O=C(O)c1cccc2c1OB(O)CN2Cc1ccccc1. The molecule has 0 saturated carbocycles. The third kappa shape index (κ3) is 2.71. The van der Waals surface area contributed by atoms with Crippen LogP contribution in [-0.4, -0.2) is 29.7 Å². The minimum absolute atomic E-state index is 0.0595. The molecule has 0 spiro atoms. The van der Waals surface area contributed by atoms with E-state index in [1.165, 1.54) is 6.07 Å². The zero-order valence-corrected chi connectivity index (χ0v) is 11.3. The Bertz CT molecular complexity index is 662. The molecule has 2 N–H and O–H groups in total. The van der Waals surface area contributed by atoms with Gasteiger partial charge in [-0.3, -0.25) is 0 Å². The van der Waals surface area contributed by atoms with Gasteiger partial charge in [0, 0.05) is 6.54 Å². The Hall–Kier alpha value is -2.47. The van der Waals surface area contributed by atoms with Gasteiger partial charge in [-0.25, -0.2) is 4.79 Å². The molecule has 2 aromatic carbocycles. The van der Waals surface area contributed by atoms with E-state index in [0.717, 1.165) is 5.56 Å². The zero-order valence-electron chi connectivity index (χ0n) is 11.3. The van der Waals surface area contributed by atoms with Crippen LogP contribution in [0.25, 0.3) is 0 Å². The quantitative estimate of drug-likeness (QED) is 0.841. The summed E-state index contributed by atoms with van der Waals surface area (Å²) >= 11 is 0. The van der Waals surface area contributed by atoms with Gasteiger partial charge in [0.1, 0.15) is 11.3 Å². The number of fused-ring (bicyclic) bond motifs is 1. The van der Waals surface area contributed by atoms with Gasteiger partial charge in [-0.15, -0.1) is 0 Å². The third-order valence-electron chi connectivity index (χ3n) is 3.41. The number of carbonyl (C=O) groups is 1. The third-order valence-corrected chi connectivity index (χ3v) is 3.41. The average Bonchev–Trinajstić information content (AvgIpc) is 2.47. The normalized spacial score (nSPS) is 13.6. The number of benzene rings is 2. The number of hydrogen-bond acceptors (Lipinski definition) is 4. The first-order valence-corrected chi connectivity index (χ1v) is 6.65. The van der Waals surface area contributed by atoms with Crippen LogP contribution >= 0.6 is 0 Å². The number of rotatable bonds is 3. The molecular weight excluding hydrogens is 269 g/mol. The largest absolute Gasteiger partial charge is 0.543 e. The first kappa shape index (κ1) is 13.5. The Kier molecular flexibility index (Phi) is 3.54. The molecule has 0 atom stereocenters. The standard InChI is InChI=1S/C15H14BNO4/c18-15(19)12-7-4-8-13-14(12)21-16(20)10-17(13)9-11-5-2-1-3-6-11/h1-8,20H,9-10H2,(H,18,19). The Morgan fingerprint density at radius 2 is 1.95 bits per heavy atom. The van der Waals surface area contributed by atoms with Crippen molar-refractivity contribution in [2.24, 2.45) is 0 Å². The van der Waals surface area contributed by atoms with Gasteiger partial charge in [0.2, 0.25) is 0 Å². The van der Waals surface area contributed by atoms with Crippen molar-refractivity contribution in [1.82, 2.24) is 0 Å². The molecule has 1 heterocycles. The van der Waals surface area contributed by atoms with Gasteiger partial charge in [0.25, 0.3) is 0 Å². The van der Waals surface area contributed by atoms with E-state index in [9.17, 15) is 14.9 Å². The van der Waals surface area contributed by atoms with E-state index < -0.39 is 13.1 Å². The van der Waals surface area contributed by atoms with Crippen LogP contribution in [0.2, 0.25) is 0 Å². The summed E-state index contributed by atoms with van der Waals surface area (Å²) in [6.45, 7) is 0.581. The van der Waals surface area contributed by atoms with Crippen LogP contribution in [0.3, 0.4) is 0 Å². The van der Waals surface area contributed by atoms with Crippen molar-refractivity contribution in [3.63, 3.8) is 0 Å². The summed E-state index contributed by atoms with van der Waals surface area (Å²) in [7, 11) is -1.04. The lowest BCUT2D eigenvalue weighted by atomic mass is 9.86. The second kappa shape index (κ2) is 5.50. The van der Waals surface area contributed by atoms with E-state index in [-0.39, 0.29) is 11.3 Å². The highest BCUT2D eigenvalue weighted by molar-refractivity contribution is 6.45. The molecule has 5 nitrogen and oxygen atoms in total. The molecule has 0 fully saturated rings. The van der Waals surface area contributed by atoms with Gasteiger partial charge in [0.15, 0.2) is 0 Å². The van der Waals surface area contributed by atoms with Crippen molar-refractivity contribution in [2.45, 2.75) is 6.54 Å². The molecule has 0 unspecified atom stereocenters. The number of para-hydroxylation sites is 1. The molecule has 3 rings (SSSR count). The summed E-state index contributed by atoms with van der Waals surface area (Å²) in [4.78, 5) is 13.2. The molecule has 106 valence electrons. The minimum Gasteiger partial charge on any atom is -0.533 e. The molecule has 1 aliphatic rings. The van der Waals surface area contributed by atoms with Crippen molar-refractivity contribution in [1.29, 1.82) is 0 Å². The second-order valence-electron chi connectivity index (χ2n) is 4.90. The predicted octanol–water partition coefficient (Wildman–Crippen LogP) is 1.80. The van der Waals surface area contributed by atoms with E-state index in [2.05, 4.69) is 0 Å². The van der Waals surface area contributed by atoms with Gasteiger partial charge in [0.05, 0.1) is 12.1 Å². The van der Waals surface area contributed by atoms with E-state index in [1.54, 1.807) is 12.1 Å². The smallest absolute Gasteiger partial charge is 0.533 e. The zero-order chi connectivity index (χ0) is 14.8. The number of carboxylic acids is 1. The van der Waals surface area contributed by atoms with Crippen molar-refractivity contribution in [2.75, 3.05) is 11.3 Å². The number of carboxylic acid groups (broad SMARTS) is 1. The number of aromatic carboxylic acids is 1. The summed E-state index contributed by atoms with van der Waals surface area (Å²) < 4.78 is 5.33. The van der Waals surface area contributed by atoms with Crippen LogP contribution in [0.4, 0.5) is 5.69 Å². The van der Waals surface area contributed by atoms with Gasteiger partial charge in [-0.05, 0) is 17.7 Å². The summed E-state index contributed by atoms with van der Waals surface area (Å²) in [5.41, 5.74) is 1.83. The summed E-state index contributed by atoms with van der Waals surface area (Å²) in [6.07, 6.45) is 0.297. The number of hydrogen-bond donors (Lipinski definition) is 2. The fraction of sp³-hybridized carbons (Fsp3) is 0.133. The van der Waals surface area contributed by atoms with Crippen molar-refractivity contribution >= 4 is 18.8 Å². The number of nitrogens with zero attached hydrogens (tertiary/aromatic N) is 1. The maximum absolute atomic E-state index is 11.3. The molecule has 1 aliphatic heterocycles. The summed E-state index contributed by atoms with van der Waals surface area (Å²) in [5.74, 6) is -0.847. The molecule has 2 aromatic rings. The lowest BCUT2D eigenvalue weighted by Crippen LogP contribution is -2.43. The highest BCUT2D eigenvalue weighted by Crippen LogP contribution is 2.36. The summed E-state index contributed by atoms with van der Waals surface area (Å²) in [6, 6.07) is 14.8. The monoisotopic (exact) mass is 283 g/mol. The van der Waals surface area contributed by atoms with Gasteiger partial charge in [-0.1, -0.05) is 36.4 Å². The molecule has 0 saturated heterocycles. The van der Waals surface area contributed by atoms with E-state index in [4.69, 9.17) is 4.65 Å². The van der Waals surface area contributed by atoms with Crippen LogP contribution in [0, 0.1) is 0 Å². The molecule has 6 heteroatoms. The van der Waals surface area contributed by atoms with Gasteiger partial charge < -0.3 is 19.7 Å². The fourth-order valence-corrected chi connectivity index (χ4v) is 2.48. The van der Waals surface area contributed by atoms with Crippen molar-refractivity contribution in [3.05, 3.63) is 59.7 Å². The van der Waals surface area contributed by atoms with Crippen LogP contribution in [0.5, 0.6) is 5.75 Å².